The normalized spacial score (nSPS) is 45.1. The maximum absolute atomic E-state index is 12.5. The van der Waals surface area contributed by atoms with Gasteiger partial charge < -0.3 is 14.2 Å². The lowest BCUT2D eigenvalue weighted by atomic mass is 9.43. The number of methoxy groups -OCH3 is 1. The third-order valence-electron chi connectivity index (χ3n) is 10.6. The third-order valence-corrected chi connectivity index (χ3v) is 10.6. The molecule has 0 aromatic rings. The summed E-state index contributed by atoms with van der Waals surface area (Å²) >= 11 is 0. The molecule has 0 radical (unpaired) electrons. The molecule has 0 unspecified atom stereocenters. The van der Waals surface area contributed by atoms with E-state index in [9.17, 15) is 14.4 Å². The predicted molar refractivity (Wildman–Crippen MR) is 123 cm³/mol. The molecule has 6 heteroatoms. The van der Waals surface area contributed by atoms with Crippen molar-refractivity contribution in [1.29, 1.82) is 0 Å². The molecule has 0 aromatic heterocycles. The third kappa shape index (κ3) is 3.99. The fourth-order valence-electron chi connectivity index (χ4n) is 9.08. The first-order chi connectivity index (χ1) is 15.5. The number of carbonyl (C=O) groups excluding carboxylic acids is 3. The molecule has 0 amide bonds. The van der Waals surface area contributed by atoms with Gasteiger partial charge in [0.2, 0.25) is 0 Å². The van der Waals surface area contributed by atoms with E-state index in [2.05, 4.69) is 13.8 Å². The number of carbonyl (C=O) groups is 3. The van der Waals surface area contributed by atoms with Crippen molar-refractivity contribution in [3.05, 3.63) is 0 Å². The van der Waals surface area contributed by atoms with Gasteiger partial charge >= 0.3 is 17.9 Å². The van der Waals surface area contributed by atoms with Gasteiger partial charge in [0.05, 0.1) is 13.0 Å². The average molecular weight is 463 g/mol. The molecule has 0 aliphatic heterocycles. The molecule has 4 aliphatic rings. The number of hydrogen-bond acceptors (Lipinski definition) is 6. The minimum Gasteiger partial charge on any atom is -0.469 e. The fourth-order valence-corrected chi connectivity index (χ4v) is 9.08. The predicted octanol–water partition coefficient (Wildman–Crippen LogP) is 4.93. The molecule has 4 rings (SSSR count). The molecule has 186 valence electrons. The number of hydrogen-bond donors (Lipinski definition) is 0. The van der Waals surface area contributed by atoms with Crippen molar-refractivity contribution in [2.24, 2.45) is 46.3 Å². The second kappa shape index (κ2) is 8.88. The van der Waals surface area contributed by atoms with Crippen molar-refractivity contribution in [3.8, 4) is 0 Å². The van der Waals surface area contributed by atoms with E-state index in [1.807, 2.05) is 6.92 Å². The summed E-state index contributed by atoms with van der Waals surface area (Å²) in [6.07, 6.45) is 8.03. The molecule has 0 saturated heterocycles. The minimum atomic E-state index is -0.231. The zero-order valence-corrected chi connectivity index (χ0v) is 21.2. The molecule has 0 spiro atoms. The first kappa shape index (κ1) is 24.5. The summed E-state index contributed by atoms with van der Waals surface area (Å²) in [5.41, 5.74) is -0.0378. The number of rotatable bonds is 4. The monoisotopic (exact) mass is 462 g/mol. The molecule has 0 N–H and O–H groups in total. The summed E-state index contributed by atoms with van der Waals surface area (Å²) in [5, 5.41) is 0. The van der Waals surface area contributed by atoms with Crippen LogP contribution in [0.1, 0.15) is 86.0 Å². The zero-order valence-electron chi connectivity index (χ0n) is 21.2. The first-order valence-corrected chi connectivity index (χ1v) is 12.9. The summed E-state index contributed by atoms with van der Waals surface area (Å²) in [7, 11) is 1.46. The van der Waals surface area contributed by atoms with E-state index in [1.54, 1.807) is 0 Å². The van der Waals surface area contributed by atoms with Crippen LogP contribution in [0.2, 0.25) is 0 Å². The van der Waals surface area contributed by atoms with Crippen LogP contribution in [0.3, 0.4) is 0 Å². The van der Waals surface area contributed by atoms with Crippen LogP contribution >= 0.6 is 0 Å². The van der Waals surface area contributed by atoms with Crippen LogP contribution in [-0.2, 0) is 28.6 Å². The van der Waals surface area contributed by atoms with E-state index >= 15 is 0 Å². The Balaban J connectivity index is 1.64. The van der Waals surface area contributed by atoms with Crippen molar-refractivity contribution >= 4 is 17.9 Å². The van der Waals surface area contributed by atoms with Gasteiger partial charge in [-0.05, 0) is 86.4 Å². The lowest BCUT2D eigenvalue weighted by Crippen LogP contribution is -2.60. The second-order valence-electron chi connectivity index (χ2n) is 11.9. The van der Waals surface area contributed by atoms with Gasteiger partial charge in [0.25, 0.3) is 0 Å². The molecule has 6 nitrogen and oxygen atoms in total. The average Bonchev–Trinajstić information content (AvgIpc) is 3.11. The van der Waals surface area contributed by atoms with E-state index < -0.39 is 0 Å². The van der Waals surface area contributed by atoms with Crippen LogP contribution in [0, 0.1) is 46.3 Å². The van der Waals surface area contributed by atoms with Crippen LogP contribution in [0.5, 0.6) is 0 Å². The van der Waals surface area contributed by atoms with E-state index in [4.69, 9.17) is 14.2 Å². The van der Waals surface area contributed by atoms with Gasteiger partial charge in [0, 0.05) is 19.3 Å². The van der Waals surface area contributed by atoms with Gasteiger partial charge in [0.1, 0.15) is 12.2 Å². The maximum Gasteiger partial charge on any atom is 0.308 e. The molecule has 0 aromatic carbocycles. The standard InChI is InChI=1S/C27H42O6/c1-15(25(30)31-6)21-9-10-22-20-8-7-18-13-19(32-16(2)28)11-12-26(18,4)23(20)14-24(27(21,22)5)33-17(3)29/h15,18-24H,7-14H2,1-6H3/t15-,18-,19-,20+,21+,22-,23-,24-,26+,27+/m1/s1. The molecule has 4 saturated carbocycles. The Hall–Kier alpha value is -1.59. The van der Waals surface area contributed by atoms with E-state index in [0.29, 0.717) is 23.7 Å². The van der Waals surface area contributed by atoms with Crippen molar-refractivity contribution in [2.45, 2.75) is 98.2 Å². The van der Waals surface area contributed by atoms with Crippen LogP contribution in [0.4, 0.5) is 0 Å². The van der Waals surface area contributed by atoms with Crippen LogP contribution < -0.4 is 0 Å². The number of fused-ring (bicyclic) bond motifs is 5. The second-order valence-corrected chi connectivity index (χ2v) is 11.9. The highest BCUT2D eigenvalue weighted by Gasteiger charge is 2.65. The number of ether oxygens (including phenoxy) is 3. The maximum atomic E-state index is 12.5. The van der Waals surface area contributed by atoms with Crippen molar-refractivity contribution in [1.82, 2.24) is 0 Å². The molecule has 10 atom stereocenters. The van der Waals surface area contributed by atoms with Gasteiger partial charge in [0.15, 0.2) is 0 Å². The van der Waals surface area contributed by atoms with Gasteiger partial charge in [-0.15, -0.1) is 0 Å². The molecule has 0 heterocycles. The van der Waals surface area contributed by atoms with Crippen molar-refractivity contribution in [2.75, 3.05) is 7.11 Å². The Labute approximate surface area is 198 Å². The van der Waals surface area contributed by atoms with Crippen LogP contribution in [-0.4, -0.2) is 37.2 Å². The number of esters is 3. The summed E-state index contributed by atoms with van der Waals surface area (Å²) < 4.78 is 16.8. The summed E-state index contributed by atoms with van der Waals surface area (Å²) in [6.45, 7) is 9.71. The Kier molecular flexibility index (Phi) is 6.60. The summed E-state index contributed by atoms with van der Waals surface area (Å²) in [6, 6.07) is 0. The van der Waals surface area contributed by atoms with Gasteiger partial charge in [-0.25, -0.2) is 0 Å². The lowest BCUT2D eigenvalue weighted by Gasteiger charge is -2.62. The van der Waals surface area contributed by atoms with E-state index in [-0.39, 0.29) is 52.8 Å². The quantitative estimate of drug-likeness (QED) is 0.435. The Morgan fingerprint density at radius 3 is 2.21 bits per heavy atom. The topological polar surface area (TPSA) is 78.9 Å². The molecular weight excluding hydrogens is 420 g/mol. The highest BCUT2D eigenvalue weighted by molar-refractivity contribution is 5.72. The Morgan fingerprint density at radius 2 is 1.58 bits per heavy atom. The highest BCUT2D eigenvalue weighted by Crippen LogP contribution is 2.68. The van der Waals surface area contributed by atoms with Crippen molar-refractivity contribution < 1.29 is 28.6 Å². The van der Waals surface area contributed by atoms with Crippen LogP contribution in [0.15, 0.2) is 0 Å². The SMILES string of the molecule is COC(=O)[C@H](C)[C@@H]1CC[C@@H]2[C@@H]3CC[C@@H]4C[C@H](OC(C)=O)CC[C@]4(C)[C@@H]3C[C@@H](OC(C)=O)[C@]21C. The van der Waals surface area contributed by atoms with E-state index in [1.165, 1.54) is 27.4 Å². The molecule has 4 aliphatic carbocycles. The van der Waals surface area contributed by atoms with Gasteiger partial charge in [-0.1, -0.05) is 20.8 Å². The largest absolute Gasteiger partial charge is 0.469 e. The first-order valence-electron chi connectivity index (χ1n) is 12.9. The molecule has 0 bridgehead atoms. The van der Waals surface area contributed by atoms with Gasteiger partial charge in [-0.2, -0.15) is 0 Å². The highest BCUT2D eigenvalue weighted by atomic mass is 16.5. The molecule has 4 fully saturated rings. The Morgan fingerprint density at radius 1 is 0.879 bits per heavy atom. The smallest absolute Gasteiger partial charge is 0.308 e. The minimum absolute atomic E-state index is 0.0343. The van der Waals surface area contributed by atoms with E-state index in [0.717, 1.165) is 44.9 Å². The molecular formula is C27H42O6. The van der Waals surface area contributed by atoms with Crippen molar-refractivity contribution in [3.63, 3.8) is 0 Å². The Bertz CT molecular complexity index is 793. The fraction of sp³-hybridized carbons (Fsp3) is 0.889. The lowest BCUT2D eigenvalue weighted by molar-refractivity contribution is -0.198. The summed E-state index contributed by atoms with van der Waals surface area (Å²) in [5.74, 6) is 1.43. The summed E-state index contributed by atoms with van der Waals surface area (Å²) in [4.78, 5) is 36.3. The molecule has 33 heavy (non-hydrogen) atoms. The van der Waals surface area contributed by atoms with Gasteiger partial charge in [-0.3, -0.25) is 14.4 Å². The zero-order chi connectivity index (χ0) is 24.1. The van der Waals surface area contributed by atoms with Crippen LogP contribution in [0.25, 0.3) is 0 Å².